The lowest BCUT2D eigenvalue weighted by Gasteiger charge is -2.29. The van der Waals surface area contributed by atoms with E-state index < -0.39 is 6.04 Å². The van der Waals surface area contributed by atoms with Crippen LogP contribution >= 0.6 is 11.8 Å². The number of thioether (sulfide) groups is 1. The minimum absolute atomic E-state index is 0.0405. The second kappa shape index (κ2) is 10.9. The molecule has 2 amide bonds. The number of carbonyl (C=O) groups is 2. The zero-order valence-corrected chi connectivity index (χ0v) is 18.0. The lowest BCUT2D eigenvalue weighted by Crippen LogP contribution is -2.50. The maximum absolute atomic E-state index is 13.0. The van der Waals surface area contributed by atoms with Gasteiger partial charge in [0.25, 0.3) is 0 Å². The summed E-state index contributed by atoms with van der Waals surface area (Å²) in [5.41, 5.74) is 2.19. The molecule has 28 heavy (non-hydrogen) atoms. The van der Waals surface area contributed by atoms with Gasteiger partial charge >= 0.3 is 0 Å². The number of aryl methyl sites for hydroxylation is 1. The predicted molar refractivity (Wildman–Crippen MR) is 116 cm³/mol. The molecule has 0 heterocycles. The largest absolute Gasteiger partial charge is 0.352 e. The SMILES string of the molecule is CC[C@@H](C)NC(=O)[C@@H](C)N(Cc1ccc(C)cc1)C(=O)CSc1ccccc1. The van der Waals surface area contributed by atoms with Crippen LogP contribution in [-0.2, 0) is 16.1 Å². The predicted octanol–water partition coefficient (Wildman–Crippen LogP) is 4.42. The van der Waals surface area contributed by atoms with Gasteiger partial charge in [-0.3, -0.25) is 9.59 Å². The molecule has 0 aliphatic rings. The Labute approximate surface area is 172 Å². The lowest BCUT2D eigenvalue weighted by molar-refractivity contribution is -0.138. The summed E-state index contributed by atoms with van der Waals surface area (Å²) in [5, 5.41) is 2.99. The van der Waals surface area contributed by atoms with Gasteiger partial charge in [0.05, 0.1) is 5.75 Å². The molecule has 0 aliphatic heterocycles. The summed E-state index contributed by atoms with van der Waals surface area (Å²) in [6, 6.07) is 17.5. The van der Waals surface area contributed by atoms with Crippen molar-refractivity contribution in [1.82, 2.24) is 10.2 Å². The van der Waals surface area contributed by atoms with Gasteiger partial charge in [-0.1, -0.05) is 55.0 Å². The molecular weight excluding hydrogens is 368 g/mol. The molecule has 2 aromatic carbocycles. The summed E-state index contributed by atoms with van der Waals surface area (Å²) < 4.78 is 0. The first-order chi connectivity index (χ1) is 13.4. The van der Waals surface area contributed by atoms with Crippen molar-refractivity contribution in [3.05, 3.63) is 65.7 Å². The number of benzene rings is 2. The maximum Gasteiger partial charge on any atom is 0.242 e. The van der Waals surface area contributed by atoms with Crippen molar-refractivity contribution >= 4 is 23.6 Å². The minimum atomic E-state index is -0.529. The smallest absolute Gasteiger partial charge is 0.242 e. The summed E-state index contributed by atoms with van der Waals surface area (Å²) >= 11 is 1.49. The molecule has 0 fully saturated rings. The number of carbonyl (C=O) groups excluding carboxylic acids is 2. The monoisotopic (exact) mass is 398 g/mol. The second-order valence-electron chi connectivity index (χ2n) is 7.10. The molecule has 4 nitrogen and oxygen atoms in total. The molecule has 0 saturated heterocycles. The third-order valence-corrected chi connectivity index (χ3v) is 5.74. The Morgan fingerprint density at radius 2 is 1.68 bits per heavy atom. The fourth-order valence-corrected chi connectivity index (χ4v) is 3.49. The average Bonchev–Trinajstić information content (AvgIpc) is 2.71. The first kappa shape index (κ1) is 22.0. The molecule has 150 valence electrons. The average molecular weight is 399 g/mol. The number of amides is 2. The van der Waals surface area contributed by atoms with Crippen molar-refractivity contribution in [2.45, 2.75) is 57.6 Å². The first-order valence-electron chi connectivity index (χ1n) is 9.74. The second-order valence-corrected chi connectivity index (χ2v) is 8.15. The third-order valence-electron chi connectivity index (χ3n) is 4.75. The van der Waals surface area contributed by atoms with Crippen LogP contribution in [0.5, 0.6) is 0 Å². The Kier molecular flexibility index (Phi) is 8.58. The Hall–Kier alpha value is -2.27. The molecule has 0 aromatic heterocycles. The Balaban J connectivity index is 2.12. The molecule has 0 spiro atoms. The van der Waals surface area contributed by atoms with Gasteiger partial charge in [0.15, 0.2) is 0 Å². The van der Waals surface area contributed by atoms with Crippen LogP contribution in [0.4, 0.5) is 0 Å². The van der Waals surface area contributed by atoms with E-state index in [-0.39, 0.29) is 17.9 Å². The minimum Gasteiger partial charge on any atom is -0.352 e. The van der Waals surface area contributed by atoms with Gasteiger partial charge in [0.2, 0.25) is 11.8 Å². The Bertz CT molecular complexity index is 762. The van der Waals surface area contributed by atoms with E-state index in [1.807, 2.05) is 75.4 Å². The standard InChI is InChI=1S/C23H30N2O2S/c1-5-18(3)24-23(27)19(4)25(15-20-13-11-17(2)12-14-20)22(26)16-28-21-9-7-6-8-10-21/h6-14,18-19H,5,15-16H2,1-4H3,(H,24,27)/t18-,19-/m1/s1. The maximum atomic E-state index is 13.0. The molecule has 2 aromatic rings. The van der Waals surface area contributed by atoms with Gasteiger partial charge in [0, 0.05) is 17.5 Å². The molecule has 2 atom stereocenters. The van der Waals surface area contributed by atoms with E-state index >= 15 is 0 Å². The van der Waals surface area contributed by atoms with Crippen LogP contribution in [0.3, 0.4) is 0 Å². The highest BCUT2D eigenvalue weighted by molar-refractivity contribution is 8.00. The topological polar surface area (TPSA) is 49.4 Å². The van der Waals surface area contributed by atoms with Crippen LogP contribution in [0, 0.1) is 6.92 Å². The third kappa shape index (κ3) is 6.71. The Morgan fingerprint density at radius 1 is 1.04 bits per heavy atom. The summed E-state index contributed by atoms with van der Waals surface area (Å²) in [6.45, 7) is 8.26. The molecule has 1 N–H and O–H groups in total. The van der Waals surface area contributed by atoms with Crippen LogP contribution in [-0.4, -0.2) is 34.6 Å². The molecule has 0 unspecified atom stereocenters. The van der Waals surface area contributed by atoms with Crippen molar-refractivity contribution in [1.29, 1.82) is 0 Å². The van der Waals surface area contributed by atoms with Crippen molar-refractivity contribution in [2.75, 3.05) is 5.75 Å². The zero-order valence-electron chi connectivity index (χ0n) is 17.1. The van der Waals surface area contributed by atoms with E-state index in [2.05, 4.69) is 5.32 Å². The van der Waals surface area contributed by atoms with Crippen LogP contribution in [0.1, 0.15) is 38.3 Å². The van der Waals surface area contributed by atoms with E-state index in [0.717, 1.165) is 16.9 Å². The van der Waals surface area contributed by atoms with Crippen molar-refractivity contribution in [2.24, 2.45) is 0 Å². The number of hydrogen-bond acceptors (Lipinski definition) is 3. The van der Waals surface area contributed by atoms with Gasteiger partial charge in [0.1, 0.15) is 6.04 Å². The molecular formula is C23H30N2O2S. The van der Waals surface area contributed by atoms with Crippen molar-refractivity contribution in [3.63, 3.8) is 0 Å². The molecule has 0 bridgehead atoms. The summed E-state index contributed by atoms with van der Waals surface area (Å²) in [4.78, 5) is 28.4. The van der Waals surface area contributed by atoms with Crippen molar-refractivity contribution < 1.29 is 9.59 Å². The Morgan fingerprint density at radius 3 is 2.29 bits per heavy atom. The number of hydrogen-bond donors (Lipinski definition) is 1. The molecule has 0 radical (unpaired) electrons. The molecule has 5 heteroatoms. The van der Waals surface area contributed by atoms with Crippen LogP contribution < -0.4 is 5.32 Å². The van der Waals surface area contributed by atoms with Crippen LogP contribution in [0.2, 0.25) is 0 Å². The highest BCUT2D eigenvalue weighted by Gasteiger charge is 2.26. The quantitative estimate of drug-likeness (QED) is 0.636. The molecule has 0 aliphatic carbocycles. The number of rotatable bonds is 9. The van der Waals surface area contributed by atoms with Gasteiger partial charge in [-0.2, -0.15) is 0 Å². The fourth-order valence-electron chi connectivity index (χ4n) is 2.68. The molecule has 0 saturated carbocycles. The number of nitrogens with one attached hydrogen (secondary N) is 1. The highest BCUT2D eigenvalue weighted by Crippen LogP contribution is 2.19. The van der Waals surface area contributed by atoms with Crippen molar-refractivity contribution in [3.8, 4) is 0 Å². The van der Waals surface area contributed by atoms with E-state index in [1.165, 1.54) is 17.3 Å². The van der Waals surface area contributed by atoms with Gasteiger partial charge in [-0.05, 0) is 44.9 Å². The summed E-state index contributed by atoms with van der Waals surface area (Å²) in [7, 11) is 0. The zero-order chi connectivity index (χ0) is 20.5. The van der Waals surface area contributed by atoms with Gasteiger partial charge in [-0.15, -0.1) is 11.8 Å². The number of nitrogens with zero attached hydrogens (tertiary/aromatic N) is 1. The molecule has 2 rings (SSSR count). The fraction of sp³-hybridized carbons (Fsp3) is 0.391. The van der Waals surface area contributed by atoms with Crippen LogP contribution in [0.15, 0.2) is 59.5 Å². The normalized spacial score (nSPS) is 12.9. The summed E-state index contributed by atoms with van der Waals surface area (Å²) in [5.74, 6) is 0.150. The van der Waals surface area contributed by atoms with E-state index in [9.17, 15) is 9.59 Å². The first-order valence-corrected chi connectivity index (χ1v) is 10.7. The van der Waals surface area contributed by atoms with E-state index in [4.69, 9.17) is 0 Å². The van der Waals surface area contributed by atoms with E-state index in [0.29, 0.717) is 12.3 Å². The van der Waals surface area contributed by atoms with Gasteiger partial charge < -0.3 is 10.2 Å². The highest BCUT2D eigenvalue weighted by atomic mass is 32.2. The van der Waals surface area contributed by atoms with E-state index in [1.54, 1.807) is 11.8 Å². The summed E-state index contributed by atoms with van der Waals surface area (Å²) in [6.07, 6.45) is 0.855. The lowest BCUT2D eigenvalue weighted by atomic mass is 10.1. The van der Waals surface area contributed by atoms with Gasteiger partial charge in [-0.25, -0.2) is 0 Å². The van der Waals surface area contributed by atoms with Crippen LogP contribution in [0.25, 0.3) is 0 Å².